The van der Waals surface area contributed by atoms with Crippen LogP contribution in [0.3, 0.4) is 0 Å². The summed E-state index contributed by atoms with van der Waals surface area (Å²) in [4.78, 5) is 13.1. The lowest BCUT2D eigenvalue weighted by molar-refractivity contribution is -0.131. The van der Waals surface area contributed by atoms with Crippen molar-refractivity contribution >= 4 is 22.2 Å². The number of carbonyl (C=O) groups is 1. The fraction of sp³-hybridized carbons (Fsp3) is 0.0667. The van der Waals surface area contributed by atoms with Crippen LogP contribution in [0.1, 0.15) is 12.5 Å². The average Bonchev–Trinajstić information content (AvgIpc) is 2.49. The van der Waals surface area contributed by atoms with Crippen LogP contribution in [0.5, 0.6) is 5.75 Å². The Hall–Kier alpha value is -2.67. The number of benzene rings is 2. The van der Waals surface area contributed by atoms with E-state index in [1.165, 1.54) is 25.3 Å². The maximum atomic E-state index is 11.9. The molecule has 0 radical (unpaired) electrons. The maximum absolute atomic E-state index is 11.9. The summed E-state index contributed by atoms with van der Waals surface area (Å²) in [7, 11) is -3.67. The van der Waals surface area contributed by atoms with Crippen molar-refractivity contribution in [1.29, 1.82) is 0 Å². The molecule has 1 N–H and O–H groups in total. The van der Waals surface area contributed by atoms with E-state index in [-0.39, 0.29) is 4.90 Å². The number of rotatable bonds is 5. The molecule has 0 atom stereocenters. The van der Waals surface area contributed by atoms with Crippen molar-refractivity contribution in [3.05, 3.63) is 60.2 Å². The van der Waals surface area contributed by atoms with Crippen molar-refractivity contribution in [2.45, 2.75) is 11.8 Å². The summed E-state index contributed by atoms with van der Waals surface area (Å²) in [5.74, 6) is 0.00607. The molecular weight excluding hydrogens is 304 g/mol. The highest BCUT2D eigenvalue weighted by atomic mass is 32.2. The van der Waals surface area contributed by atoms with E-state index >= 15 is 0 Å². The molecule has 0 saturated carbocycles. The van der Waals surface area contributed by atoms with Crippen molar-refractivity contribution in [3.63, 3.8) is 0 Å². The lowest BCUT2D eigenvalue weighted by Crippen LogP contribution is -2.18. The number of esters is 1. The first-order valence-electron chi connectivity index (χ1n) is 6.36. The molecule has 22 heavy (non-hydrogen) atoms. The van der Waals surface area contributed by atoms with Crippen molar-refractivity contribution in [3.8, 4) is 5.75 Å². The minimum atomic E-state index is -3.67. The first kappa shape index (κ1) is 15.7. The van der Waals surface area contributed by atoms with Gasteiger partial charge in [0, 0.05) is 6.92 Å². The Bertz CT molecular complexity index is 769. The molecule has 0 heterocycles. The van der Waals surface area contributed by atoms with Gasteiger partial charge in [0.2, 0.25) is 0 Å². The van der Waals surface area contributed by atoms with Crippen LogP contribution in [0, 0.1) is 0 Å². The minimum Gasteiger partial charge on any atom is -0.427 e. The molecule has 0 aliphatic rings. The quantitative estimate of drug-likeness (QED) is 0.395. The lowest BCUT2D eigenvalue weighted by atomic mass is 10.2. The minimum absolute atomic E-state index is 0.136. The smallest absolute Gasteiger partial charge is 0.308 e. The van der Waals surface area contributed by atoms with Crippen LogP contribution in [-0.2, 0) is 14.8 Å². The fourth-order valence-corrected chi connectivity index (χ4v) is 2.42. The molecule has 0 aromatic heterocycles. The SMILES string of the molecule is CC(=O)Oc1ccc(/C=N\NS(=O)(=O)c2ccccc2)cc1. The maximum Gasteiger partial charge on any atom is 0.308 e. The normalized spacial score (nSPS) is 11.3. The number of ether oxygens (including phenoxy) is 1. The first-order valence-corrected chi connectivity index (χ1v) is 7.84. The third-order valence-corrected chi connectivity index (χ3v) is 3.82. The Morgan fingerprint density at radius 3 is 2.32 bits per heavy atom. The van der Waals surface area contributed by atoms with Gasteiger partial charge in [0.15, 0.2) is 0 Å². The van der Waals surface area contributed by atoms with Crippen molar-refractivity contribution in [2.24, 2.45) is 5.10 Å². The summed E-state index contributed by atoms with van der Waals surface area (Å²) in [5, 5.41) is 3.71. The Balaban J connectivity index is 2.02. The molecule has 2 rings (SSSR count). The predicted molar refractivity (Wildman–Crippen MR) is 82.1 cm³/mol. The third-order valence-electron chi connectivity index (χ3n) is 2.58. The Morgan fingerprint density at radius 2 is 1.73 bits per heavy atom. The monoisotopic (exact) mass is 318 g/mol. The number of sulfonamides is 1. The molecule has 0 aliphatic carbocycles. The Morgan fingerprint density at radius 1 is 1.09 bits per heavy atom. The molecule has 6 nitrogen and oxygen atoms in total. The van der Waals surface area contributed by atoms with Gasteiger partial charge in [0.05, 0.1) is 11.1 Å². The molecule has 114 valence electrons. The number of hydrogen-bond acceptors (Lipinski definition) is 5. The molecule has 0 unspecified atom stereocenters. The van der Waals surface area contributed by atoms with Gasteiger partial charge in [-0.05, 0) is 42.0 Å². The molecule has 2 aromatic carbocycles. The fourth-order valence-electron chi connectivity index (χ4n) is 1.61. The second-order valence-electron chi connectivity index (χ2n) is 4.33. The zero-order valence-corrected chi connectivity index (χ0v) is 12.6. The van der Waals surface area contributed by atoms with Gasteiger partial charge in [0.25, 0.3) is 10.0 Å². The second-order valence-corrected chi connectivity index (χ2v) is 5.99. The molecule has 2 aromatic rings. The zero-order valence-electron chi connectivity index (χ0n) is 11.8. The number of nitrogens with zero attached hydrogens (tertiary/aromatic N) is 1. The number of carbonyl (C=O) groups excluding carboxylic acids is 1. The average molecular weight is 318 g/mol. The zero-order chi connectivity index (χ0) is 16.0. The van der Waals surface area contributed by atoms with E-state index < -0.39 is 16.0 Å². The molecule has 0 fully saturated rings. The molecule has 0 bridgehead atoms. The standard InChI is InChI=1S/C15H14N2O4S/c1-12(18)21-14-9-7-13(8-10-14)11-16-17-22(19,20)15-5-3-2-4-6-15/h2-11,17H,1H3/b16-11-. The Kier molecular flexibility index (Phi) is 4.90. The van der Waals surface area contributed by atoms with E-state index in [9.17, 15) is 13.2 Å². The summed E-state index contributed by atoms with van der Waals surface area (Å²) in [6, 6.07) is 14.4. The van der Waals surface area contributed by atoms with Gasteiger partial charge in [-0.3, -0.25) is 4.79 Å². The van der Waals surface area contributed by atoms with Gasteiger partial charge in [-0.25, -0.2) is 4.83 Å². The van der Waals surface area contributed by atoms with Gasteiger partial charge in [0.1, 0.15) is 5.75 Å². The molecule has 0 saturated heterocycles. The van der Waals surface area contributed by atoms with Crippen molar-refractivity contribution < 1.29 is 17.9 Å². The van der Waals surface area contributed by atoms with Gasteiger partial charge in [-0.2, -0.15) is 13.5 Å². The molecular formula is C15H14N2O4S. The van der Waals surface area contributed by atoms with Crippen LogP contribution < -0.4 is 9.57 Å². The highest BCUT2D eigenvalue weighted by molar-refractivity contribution is 7.89. The van der Waals surface area contributed by atoms with Gasteiger partial charge in [-0.1, -0.05) is 18.2 Å². The van der Waals surface area contributed by atoms with Crippen LogP contribution >= 0.6 is 0 Å². The lowest BCUT2D eigenvalue weighted by Gasteiger charge is -2.03. The van der Waals surface area contributed by atoms with Gasteiger partial charge in [-0.15, -0.1) is 0 Å². The largest absolute Gasteiger partial charge is 0.427 e. The van der Waals surface area contributed by atoms with E-state index in [4.69, 9.17) is 4.74 Å². The highest BCUT2D eigenvalue weighted by Crippen LogP contribution is 2.11. The van der Waals surface area contributed by atoms with E-state index in [1.807, 2.05) is 0 Å². The second kappa shape index (κ2) is 6.86. The molecule has 7 heteroatoms. The number of hydrazone groups is 1. The predicted octanol–water partition coefficient (Wildman–Crippen LogP) is 1.92. The van der Waals surface area contributed by atoms with E-state index in [0.717, 1.165) is 0 Å². The first-order chi connectivity index (χ1) is 10.5. The van der Waals surface area contributed by atoms with E-state index in [2.05, 4.69) is 9.93 Å². The van der Waals surface area contributed by atoms with Crippen LogP contribution in [0.4, 0.5) is 0 Å². The topological polar surface area (TPSA) is 84.8 Å². The third kappa shape index (κ3) is 4.42. The summed E-state index contributed by atoms with van der Waals surface area (Å²) in [5.41, 5.74) is 0.659. The summed E-state index contributed by atoms with van der Waals surface area (Å²) in [6.45, 7) is 1.31. The summed E-state index contributed by atoms with van der Waals surface area (Å²) < 4.78 is 28.7. The summed E-state index contributed by atoms with van der Waals surface area (Å²) in [6.07, 6.45) is 1.36. The van der Waals surface area contributed by atoms with Gasteiger partial charge < -0.3 is 4.74 Å². The van der Waals surface area contributed by atoms with Crippen molar-refractivity contribution in [2.75, 3.05) is 0 Å². The van der Waals surface area contributed by atoms with Crippen molar-refractivity contribution in [1.82, 2.24) is 4.83 Å². The number of hydrogen-bond donors (Lipinski definition) is 1. The Labute approximate surface area is 128 Å². The highest BCUT2D eigenvalue weighted by Gasteiger charge is 2.10. The van der Waals surface area contributed by atoms with E-state index in [1.54, 1.807) is 42.5 Å². The molecule has 0 spiro atoms. The van der Waals surface area contributed by atoms with Crippen LogP contribution in [0.15, 0.2) is 64.6 Å². The molecule has 0 amide bonds. The van der Waals surface area contributed by atoms with E-state index in [0.29, 0.717) is 11.3 Å². The van der Waals surface area contributed by atoms with Crippen LogP contribution in [0.25, 0.3) is 0 Å². The van der Waals surface area contributed by atoms with Crippen LogP contribution in [0.2, 0.25) is 0 Å². The van der Waals surface area contributed by atoms with Gasteiger partial charge >= 0.3 is 5.97 Å². The van der Waals surface area contributed by atoms with Crippen LogP contribution in [-0.4, -0.2) is 20.6 Å². The summed E-state index contributed by atoms with van der Waals surface area (Å²) >= 11 is 0. The molecule has 0 aliphatic heterocycles. The number of nitrogens with one attached hydrogen (secondary N) is 1.